The first-order valence-electron chi connectivity index (χ1n) is 3.88. The number of nitrogens with two attached hydrogens (primary N) is 1. The molecule has 3 N–H and O–H groups in total. The van der Waals surface area contributed by atoms with E-state index in [9.17, 15) is 4.39 Å². The Labute approximate surface area is 81.1 Å². The highest BCUT2D eigenvalue weighted by atomic mass is 35.5. The average Bonchev–Trinajstić information content (AvgIpc) is 2.12. The smallest absolute Gasteiger partial charge is 0.127 e. The van der Waals surface area contributed by atoms with Gasteiger partial charge in [0.2, 0.25) is 0 Å². The Hall–Kier alpha value is -0.640. The van der Waals surface area contributed by atoms with E-state index in [1.807, 2.05) is 0 Å². The number of rotatable bonds is 2. The van der Waals surface area contributed by atoms with E-state index in [4.69, 9.17) is 22.4 Å². The van der Waals surface area contributed by atoms with Crippen molar-refractivity contribution in [3.8, 4) is 0 Å². The summed E-state index contributed by atoms with van der Waals surface area (Å²) >= 11 is 5.74. The highest BCUT2D eigenvalue weighted by Gasteiger charge is 2.10. The molecule has 0 saturated heterocycles. The highest BCUT2D eigenvalue weighted by Crippen LogP contribution is 2.23. The molecule has 1 atom stereocenters. The summed E-state index contributed by atoms with van der Waals surface area (Å²) in [7, 11) is 0. The zero-order chi connectivity index (χ0) is 10.0. The summed E-state index contributed by atoms with van der Waals surface area (Å²) in [5.74, 6) is -0.397. The maximum atomic E-state index is 13.1. The predicted octanol–water partition coefficient (Wildman–Crippen LogP) is 1.78. The summed E-state index contributed by atoms with van der Waals surface area (Å²) in [5, 5.41) is 9.08. The first kappa shape index (κ1) is 10.4. The second kappa shape index (κ2) is 4.05. The number of halogens is 2. The molecule has 1 aromatic rings. The Morgan fingerprint density at radius 1 is 1.62 bits per heavy atom. The Balaban J connectivity index is 3.13. The maximum absolute atomic E-state index is 13.1. The molecule has 0 bridgehead atoms. The van der Waals surface area contributed by atoms with Crippen LogP contribution in [0.25, 0.3) is 0 Å². The quantitative estimate of drug-likeness (QED) is 0.770. The number of benzene rings is 1. The topological polar surface area (TPSA) is 46.2 Å². The van der Waals surface area contributed by atoms with Crippen LogP contribution in [0, 0.1) is 12.7 Å². The molecular formula is C9H11ClFNO. The van der Waals surface area contributed by atoms with Gasteiger partial charge in [-0.15, -0.1) is 0 Å². The summed E-state index contributed by atoms with van der Waals surface area (Å²) in [5.41, 5.74) is 6.42. The van der Waals surface area contributed by atoms with Crippen LogP contribution in [0.4, 0.5) is 4.39 Å². The van der Waals surface area contributed by atoms with Gasteiger partial charge in [0.15, 0.2) is 0 Å². The van der Waals surface area contributed by atoms with Crippen LogP contribution in [0.1, 0.15) is 17.2 Å². The summed E-state index contributed by atoms with van der Waals surface area (Å²) in [6.07, 6.45) is 0. The second-order valence-electron chi connectivity index (χ2n) is 2.90. The molecule has 2 nitrogen and oxygen atoms in total. The van der Waals surface area contributed by atoms with Gasteiger partial charge in [0.25, 0.3) is 0 Å². The molecule has 0 amide bonds. The number of hydrogen-bond acceptors (Lipinski definition) is 2. The molecule has 1 unspecified atom stereocenters. The van der Waals surface area contributed by atoms with Crippen LogP contribution in [0.2, 0.25) is 5.02 Å². The van der Waals surface area contributed by atoms with Crippen LogP contribution >= 0.6 is 11.6 Å². The van der Waals surface area contributed by atoms with Gasteiger partial charge in [-0.2, -0.15) is 0 Å². The minimum atomic E-state index is -0.576. The number of hydrogen-bond donors (Lipinski definition) is 2. The van der Waals surface area contributed by atoms with Gasteiger partial charge >= 0.3 is 0 Å². The third-order valence-electron chi connectivity index (χ3n) is 1.93. The van der Waals surface area contributed by atoms with Crippen LogP contribution in [0.5, 0.6) is 0 Å². The van der Waals surface area contributed by atoms with E-state index in [2.05, 4.69) is 0 Å². The maximum Gasteiger partial charge on any atom is 0.127 e. The fourth-order valence-corrected chi connectivity index (χ4v) is 1.20. The van der Waals surface area contributed by atoms with Crippen molar-refractivity contribution in [2.75, 3.05) is 6.61 Å². The zero-order valence-electron chi connectivity index (χ0n) is 7.22. The first-order valence-corrected chi connectivity index (χ1v) is 4.26. The summed E-state index contributed by atoms with van der Waals surface area (Å²) in [6.45, 7) is 1.37. The van der Waals surface area contributed by atoms with Gasteiger partial charge < -0.3 is 10.8 Å². The normalized spacial score (nSPS) is 13.0. The van der Waals surface area contributed by atoms with Crippen LogP contribution in [-0.4, -0.2) is 11.7 Å². The van der Waals surface area contributed by atoms with Crippen molar-refractivity contribution < 1.29 is 9.50 Å². The standard InChI is InChI=1S/C9H11ClFNO/c1-5-7(10)2-6(3-8(5)11)9(12)4-13/h2-3,9,13H,4,12H2,1H3. The number of aliphatic hydroxyl groups is 1. The third kappa shape index (κ3) is 2.18. The third-order valence-corrected chi connectivity index (χ3v) is 2.32. The van der Waals surface area contributed by atoms with Crippen LogP contribution < -0.4 is 5.73 Å². The Morgan fingerprint density at radius 3 is 2.69 bits per heavy atom. The van der Waals surface area contributed by atoms with Crippen molar-refractivity contribution in [2.24, 2.45) is 5.73 Å². The molecule has 0 saturated carbocycles. The Bertz CT molecular complexity index is 293. The summed E-state index contributed by atoms with van der Waals surface area (Å²) in [6, 6.07) is 2.29. The van der Waals surface area contributed by atoms with E-state index >= 15 is 0 Å². The molecule has 0 aliphatic carbocycles. The van der Waals surface area contributed by atoms with E-state index in [1.54, 1.807) is 13.0 Å². The molecular weight excluding hydrogens is 193 g/mol. The first-order chi connectivity index (χ1) is 6.06. The lowest BCUT2D eigenvalue weighted by atomic mass is 10.1. The Morgan fingerprint density at radius 2 is 2.23 bits per heavy atom. The fraction of sp³-hybridized carbons (Fsp3) is 0.333. The fourth-order valence-electron chi connectivity index (χ4n) is 0.984. The lowest BCUT2D eigenvalue weighted by molar-refractivity contribution is 0.268. The van der Waals surface area contributed by atoms with Gasteiger partial charge in [-0.05, 0) is 24.6 Å². The lowest BCUT2D eigenvalue weighted by Gasteiger charge is -2.10. The van der Waals surface area contributed by atoms with Gasteiger partial charge in [-0.1, -0.05) is 11.6 Å². The lowest BCUT2D eigenvalue weighted by Crippen LogP contribution is -2.14. The summed E-state index contributed by atoms with van der Waals surface area (Å²) in [4.78, 5) is 0. The molecule has 0 radical (unpaired) electrons. The van der Waals surface area contributed by atoms with E-state index in [0.717, 1.165) is 0 Å². The van der Waals surface area contributed by atoms with Crippen molar-refractivity contribution in [2.45, 2.75) is 13.0 Å². The molecule has 0 fully saturated rings. The van der Waals surface area contributed by atoms with Crippen molar-refractivity contribution in [1.82, 2.24) is 0 Å². The predicted molar refractivity (Wildman–Crippen MR) is 50.2 cm³/mol. The molecule has 0 spiro atoms. The van der Waals surface area contributed by atoms with Gasteiger partial charge in [-0.3, -0.25) is 0 Å². The zero-order valence-corrected chi connectivity index (χ0v) is 7.98. The Kier molecular flexibility index (Phi) is 3.25. The van der Waals surface area contributed by atoms with E-state index in [1.165, 1.54) is 6.07 Å². The molecule has 1 rings (SSSR count). The van der Waals surface area contributed by atoms with E-state index in [0.29, 0.717) is 16.1 Å². The van der Waals surface area contributed by atoms with E-state index < -0.39 is 11.9 Å². The van der Waals surface area contributed by atoms with Crippen molar-refractivity contribution >= 4 is 11.6 Å². The molecule has 13 heavy (non-hydrogen) atoms. The molecule has 4 heteroatoms. The molecule has 72 valence electrons. The van der Waals surface area contributed by atoms with E-state index in [-0.39, 0.29) is 6.61 Å². The molecule has 1 aromatic carbocycles. The van der Waals surface area contributed by atoms with Gasteiger partial charge in [-0.25, -0.2) is 4.39 Å². The monoisotopic (exact) mass is 203 g/mol. The van der Waals surface area contributed by atoms with Crippen LogP contribution in [0.3, 0.4) is 0 Å². The molecule has 0 heterocycles. The van der Waals surface area contributed by atoms with Crippen LogP contribution in [-0.2, 0) is 0 Å². The van der Waals surface area contributed by atoms with Crippen LogP contribution in [0.15, 0.2) is 12.1 Å². The van der Waals surface area contributed by atoms with Crippen molar-refractivity contribution in [3.63, 3.8) is 0 Å². The van der Waals surface area contributed by atoms with Crippen molar-refractivity contribution in [3.05, 3.63) is 34.1 Å². The van der Waals surface area contributed by atoms with Gasteiger partial charge in [0.1, 0.15) is 5.82 Å². The van der Waals surface area contributed by atoms with Gasteiger partial charge in [0.05, 0.1) is 12.6 Å². The molecule has 0 aliphatic heterocycles. The SMILES string of the molecule is Cc1c(F)cc(C(N)CO)cc1Cl. The summed E-state index contributed by atoms with van der Waals surface area (Å²) < 4.78 is 13.1. The largest absolute Gasteiger partial charge is 0.394 e. The second-order valence-corrected chi connectivity index (χ2v) is 3.31. The average molecular weight is 204 g/mol. The van der Waals surface area contributed by atoms with Gasteiger partial charge in [0, 0.05) is 10.6 Å². The molecule has 0 aromatic heterocycles. The minimum Gasteiger partial charge on any atom is -0.394 e. The van der Waals surface area contributed by atoms with Crippen molar-refractivity contribution in [1.29, 1.82) is 0 Å². The minimum absolute atomic E-state index is 0.223. The molecule has 0 aliphatic rings. The highest BCUT2D eigenvalue weighted by molar-refractivity contribution is 6.31. The number of aliphatic hydroxyl groups excluding tert-OH is 1.